The molecule has 0 heterocycles. The van der Waals surface area contributed by atoms with Gasteiger partial charge in [0.1, 0.15) is 0 Å². The first-order valence-electron chi connectivity index (χ1n) is 4.38. The third kappa shape index (κ3) is 6.63. The zero-order valence-electron chi connectivity index (χ0n) is 9.43. The van der Waals surface area contributed by atoms with Crippen molar-refractivity contribution in [3.05, 3.63) is 0 Å². The van der Waals surface area contributed by atoms with Crippen molar-refractivity contribution in [3.8, 4) is 0 Å². The summed E-state index contributed by atoms with van der Waals surface area (Å²) in [5.41, 5.74) is 0. The van der Waals surface area contributed by atoms with E-state index in [1.807, 2.05) is 0 Å². The van der Waals surface area contributed by atoms with Crippen molar-refractivity contribution in [2.45, 2.75) is 18.5 Å². The Kier molecular flexibility index (Phi) is 5.82. The van der Waals surface area contributed by atoms with Crippen molar-refractivity contribution < 1.29 is 67.2 Å². The van der Waals surface area contributed by atoms with E-state index in [-0.39, 0.29) is 0 Å². The van der Waals surface area contributed by atoms with Crippen LogP contribution in [0.15, 0.2) is 0 Å². The molecule has 0 aliphatic carbocycles. The Morgan fingerprint density at radius 3 is 0.864 bits per heavy atom. The topological polar surface area (TPSA) is 78.9 Å². The molecule has 0 rings (SSSR count). The maximum absolute atomic E-state index is 11.8. The molecular formula is C6HF9O6Si. The van der Waals surface area contributed by atoms with Crippen molar-refractivity contribution in [2.24, 2.45) is 0 Å². The van der Waals surface area contributed by atoms with Crippen LogP contribution in [0, 0.1) is 0 Å². The molecule has 6 nitrogen and oxygen atoms in total. The number of halogens is 9. The van der Waals surface area contributed by atoms with Gasteiger partial charge in [0.25, 0.3) is 0 Å². The Morgan fingerprint density at radius 1 is 0.545 bits per heavy atom. The zero-order valence-corrected chi connectivity index (χ0v) is 10.6. The normalized spacial score (nSPS) is 12.8. The molecule has 0 radical (unpaired) electrons. The molecule has 0 bridgehead atoms. The lowest BCUT2D eigenvalue weighted by atomic mass is 10.7. The molecule has 0 atom stereocenters. The van der Waals surface area contributed by atoms with Crippen LogP contribution in [0.5, 0.6) is 0 Å². The monoisotopic (exact) mass is 368 g/mol. The lowest BCUT2D eigenvalue weighted by Gasteiger charge is -2.18. The molecule has 0 aromatic carbocycles. The molecule has 128 valence electrons. The van der Waals surface area contributed by atoms with Gasteiger partial charge in [-0.3, -0.25) is 0 Å². The van der Waals surface area contributed by atoms with Gasteiger partial charge >= 0.3 is 46.0 Å². The Labute approximate surface area is 114 Å². The first-order valence-corrected chi connectivity index (χ1v) is 5.80. The highest BCUT2D eigenvalue weighted by molar-refractivity contribution is 6.44. The van der Waals surface area contributed by atoms with E-state index in [1.165, 1.54) is 0 Å². The van der Waals surface area contributed by atoms with E-state index in [0.29, 0.717) is 0 Å². The molecule has 0 amide bonds. The van der Waals surface area contributed by atoms with Gasteiger partial charge in [-0.05, 0) is 0 Å². The van der Waals surface area contributed by atoms with E-state index in [1.54, 1.807) is 0 Å². The predicted molar refractivity (Wildman–Crippen MR) is 43.6 cm³/mol. The summed E-state index contributed by atoms with van der Waals surface area (Å²) in [5.74, 6) is -9.93. The molecule has 0 aromatic rings. The fourth-order valence-electron chi connectivity index (χ4n) is 0.535. The molecule has 0 fully saturated rings. The van der Waals surface area contributed by atoms with Crippen LogP contribution in [0.25, 0.3) is 0 Å². The van der Waals surface area contributed by atoms with Crippen LogP contribution in [0.4, 0.5) is 39.5 Å². The van der Waals surface area contributed by atoms with Crippen LogP contribution in [0.1, 0.15) is 0 Å². The fraction of sp³-hybridized carbons (Fsp3) is 0.500. The lowest BCUT2D eigenvalue weighted by Crippen LogP contribution is -2.44. The molecule has 0 saturated carbocycles. The van der Waals surface area contributed by atoms with E-state index in [2.05, 4.69) is 13.3 Å². The maximum Gasteiger partial charge on any atom is 0.689 e. The van der Waals surface area contributed by atoms with Crippen LogP contribution in [0.3, 0.4) is 0 Å². The Morgan fingerprint density at radius 2 is 0.727 bits per heavy atom. The molecule has 0 spiro atoms. The average molecular weight is 368 g/mol. The van der Waals surface area contributed by atoms with Crippen LogP contribution in [-0.4, -0.2) is 46.0 Å². The third-order valence-electron chi connectivity index (χ3n) is 1.30. The molecule has 16 heteroatoms. The smallest absolute Gasteiger partial charge is 0.451 e. The van der Waals surface area contributed by atoms with Gasteiger partial charge in [0.05, 0.1) is 0 Å². The largest absolute Gasteiger partial charge is 0.689 e. The van der Waals surface area contributed by atoms with Gasteiger partial charge in [0, 0.05) is 0 Å². The first-order chi connectivity index (χ1) is 9.55. The van der Waals surface area contributed by atoms with Crippen molar-refractivity contribution >= 4 is 27.4 Å². The van der Waals surface area contributed by atoms with Gasteiger partial charge in [-0.2, -0.15) is 39.5 Å². The second-order valence-electron chi connectivity index (χ2n) is 3.00. The van der Waals surface area contributed by atoms with Crippen molar-refractivity contribution in [1.29, 1.82) is 0 Å². The number of rotatable bonds is 3. The highest BCUT2D eigenvalue weighted by atomic mass is 28.3. The average Bonchev–Trinajstić information content (AvgIpc) is 2.24. The van der Waals surface area contributed by atoms with E-state index >= 15 is 0 Å². The number of alkyl halides is 9. The van der Waals surface area contributed by atoms with Gasteiger partial charge in [-0.25, -0.2) is 14.4 Å². The number of hydrogen-bond donors (Lipinski definition) is 0. The zero-order chi connectivity index (χ0) is 17.9. The highest BCUT2D eigenvalue weighted by Crippen LogP contribution is 2.22. The summed E-state index contributed by atoms with van der Waals surface area (Å²) in [5, 5.41) is 0. The second-order valence-corrected chi connectivity index (χ2v) is 4.28. The van der Waals surface area contributed by atoms with Crippen molar-refractivity contribution in [2.75, 3.05) is 0 Å². The maximum atomic E-state index is 11.8. The molecular weight excluding hydrogens is 367 g/mol. The summed E-state index contributed by atoms with van der Waals surface area (Å²) in [6.07, 6.45) is -17.5. The molecule has 0 unspecified atom stereocenters. The Bertz CT molecular complexity index is 384. The molecule has 0 saturated heterocycles. The van der Waals surface area contributed by atoms with Gasteiger partial charge in [0.15, 0.2) is 0 Å². The second kappa shape index (κ2) is 6.40. The molecule has 0 aliphatic heterocycles. The summed E-state index contributed by atoms with van der Waals surface area (Å²) < 4.78 is 115. The molecule has 0 N–H and O–H groups in total. The quantitative estimate of drug-likeness (QED) is 0.547. The van der Waals surface area contributed by atoms with E-state index < -0.39 is 46.0 Å². The number of carbonyl (C=O) groups is 3. The minimum atomic E-state index is -5.85. The van der Waals surface area contributed by atoms with Crippen LogP contribution in [-0.2, 0) is 27.7 Å². The molecule has 0 aliphatic rings. The number of hydrogen-bond acceptors (Lipinski definition) is 6. The van der Waals surface area contributed by atoms with Gasteiger partial charge < -0.3 is 13.3 Å². The summed E-state index contributed by atoms with van der Waals surface area (Å²) in [6.45, 7) is 0. The van der Waals surface area contributed by atoms with Crippen LogP contribution in [0.2, 0.25) is 0 Å². The summed E-state index contributed by atoms with van der Waals surface area (Å²) in [6, 6.07) is 0. The van der Waals surface area contributed by atoms with E-state index in [0.717, 1.165) is 0 Å². The van der Waals surface area contributed by atoms with E-state index in [9.17, 15) is 53.9 Å². The first kappa shape index (κ1) is 20.0. The highest BCUT2D eigenvalue weighted by Gasteiger charge is 2.51. The van der Waals surface area contributed by atoms with E-state index in [4.69, 9.17) is 0 Å². The molecule has 0 aromatic heterocycles. The summed E-state index contributed by atoms with van der Waals surface area (Å²) in [4.78, 5) is 30.8. The molecule has 22 heavy (non-hydrogen) atoms. The van der Waals surface area contributed by atoms with Crippen molar-refractivity contribution in [1.82, 2.24) is 0 Å². The van der Waals surface area contributed by atoms with Crippen LogP contribution >= 0.6 is 0 Å². The minimum absolute atomic E-state index is 3.04. The lowest BCUT2D eigenvalue weighted by molar-refractivity contribution is -0.206. The summed E-state index contributed by atoms with van der Waals surface area (Å²) in [7, 11) is -5.42. The fourth-order valence-corrected chi connectivity index (χ4v) is 1.60. The predicted octanol–water partition coefficient (Wildman–Crippen LogP) is 1.02. The minimum Gasteiger partial charge on any atom is -0.451 e. The van der Waals surface area contributed by atoms with Crippen molar-refractivity contribution in [3.63, 3.8) is 0 Å². The standard InChI is InChI=1S/C6HF9O6Si/c7-4(8,9)1(16)19-22(20-2(17)5(10,11)12)21-3(18)6(13,14)15/h22H. The van der Waals surface area contributed by atoms with Gasteiger partial charge in [0.2, 0.25) is 0 Å². The van der Waals surface area contributed by atoms with Gasteiger partial charge in [-0.15, -0.1) is 0 Å². The Balaban J connectivity index is 5.12. The summed E-state index contributed by atoms with van der Waals surface area (Å²) >= 11 is 0. The van der Waals surface area contributed by atoms with Crippen LogP contribution < -0.4 is 0 Å². The third-order valence-corrected chi connectivity index (χ3v) is 2.52. The van der Waals surface area contributed by atoms with Gasteiger partial charge in [-0.1, -0.05) is 0 Å². The SMILES string of the molecule is O=C(O[SiH](OC(=O)C(F)(F)F)OC(=O)C(F)(F)F)C(F)(F)F. The number of carbonyl (C=O) groups excluding carboxylic acids is 3. The Hall–Kier alpha value is -2.00.